The summed E-state index contributed by atoms with van der Waals surface area (Å²) in [5.74, 6) is 1.47. The smallest absolute Gasteiger partial charge is 0.140 e. The summed E-state index contributed by atoms with van der Waals surface area (Å²) in [5.41, 5.74) is 3.79. The van der Waals surface area contributed by atoms with Crippen LogP contribution in [0.4, 0.5) is 5.82 Å². The van der Waals surface area contributed by atoms with E-state index < -0.39 is 0 Å². The van der Waals surface area contributed by atoms with E-state index in [1.54, 1.807) is 0 Å². The predicted molar refractivity (Wildman–Crippen MR) is 84.5 cm³/mol. The molecule has 0 saturated carbocycles. The Morgan fingerprint density at radius 2 is 1.89 bits per heavy atom. The fourth-order valence-electron chi connectivity index (χ4n) is 1.87. The molecule has 0 bridgehead atoms. The van der Waals surface area contributed by atoms with E-state index in [4.69, 9.17) is 0 Å². The molecule has 0 saturated heterocycles. The highest BCUT2D eigenvalue weighted by Gasteiger charge is 2.02. The van der Waals surface area contributed by atoms with Gasteiger partial charge in [-0.25, -0.2) is 4.98 Å². The van der Waals surface area contributed by atoms with Crippen molar-refractivity contribution >= 4 is 21.7 Å². The van der Waals surface area contributed by atoms with Crippen LogP contribution in [0.2, 0.25) is 0 Å². The molecule has 1 heterocycles. The van der Waals surface area contributed by atoms with Crippen molar-refractivity contribution in [3.63, 3.8) is 0 Å². The minimum absolute atomic E-state index is 0.579. The monoisotopic (exact) mass is 318 g/mol. The molecule has 0 fully saturated rings. The maximum atomic E-state index is 4.38. The molecular weight excluding hydrogens is 300 g/mol. The number of aromatic nitrogens is 1. The van der Waals surface area contributed by atoms with Gasteiger partial charge in [0, 0.05) is 12.7 Å². The first-order valence-electron chi connectivity index (χ1n) is 6.51. The molecule has 2 rings (SSSR count). The quantitative estimate of drug-likeness (QED) is 0.868. The number of nitrogens with zero attached hydrogens (tertiary/aromatic N) is 1. The van der Waals surface area contributed by atoms with Crippen LogP contribution in [0.3, 0.4) is 0 Å². The number of halogens is 1. The van der Waals surface area contributed by atoms with Crippen LogP contribution in [0.15, 0.2) is 41.0 Å². The average Bonchev–Trinajstić information content (AvgIpc) is 2.38. The summed E-state index contributed by atoms with van der Waals surface area (Å²) >= 11 is 3.53. The summed E-state index contributed by atoms with van der Waals surface area (Å²) in [6.07, 6.45) is 1.87. The van der Waals surface area contributed by atoms with E-state index in [-0.39, 0.29) is 0 Å². The van der Waals surface area contributed by atoms with Crippen LogP contribution in [0.25, 0.3) is 0 Å². The van der Waals surface area contributed by atoms with E-state index >= 15 is 0 Å². The maximum absolute atomic E-state index is 4.38. The highest BCUT2D eigenvalue weighted by molar-refractivity contribution is 9.10. The molecule has 0 aliphatic rings. The average molecular weight is 319 g/mol. The standard InChI is InChI=1S/C16H19BrN2/c1-11(2)14-6-4-13(5-7-14)10-19-16-15(17)8-12(3)9-18-16/h4-9,11H,10H2,1-3H3,(H,18,19). The number of nitrogens with one attached hydrogen (secondary N) is 1. The topological polar surface area (TPSA) is 24.9 Å². The second-order valence-electron chi connectivity index (χ2n) is 5.09. The van der Waals surface area contributed by atoms with Gasteiger partial charge >= 0.3 is 0 Å². The molecule has 0 amide bonds. The van der Waals surface area contributed by atoms with Gasteiger partial charge in [-0.15, -0.1) is 0 Å². The number of aryl methyl sites for hydroxylation is 1. The van der Waals surface area contributed by atoms with Gasteiger partial charge in [-0.05, 0) is 51.5 Å². The third-order valence-electron chi connectivity index (χ3n) is 3.08. The first-order valence-corrected chi connectivity index (χ1v) is 7.30. The number of rotatable bonds is 4. The number of anilines is 1. The van der Waals surface area contributed by atoms with Gasteiger partial charge in [0.2, 0.25) is 0 Å². The Morgan fingerprint density at radius 1 is 1.21 bits per heavy atom. The third-order valence-corrected chi connectivity index (χ3v) is 3.69. The second-order valence-corrected chi connectivity index (χ2v) is 5.95. The lowest BCUT2D eigenvalue weighted by Crippen LogP contribution is -2.02. The molecule has 3 heteroatoms. The summed E-state index contributed by atoms with van der Waals surface area (Å²) < 4.78 is 1.01. The number of pyridine rings is 1. The lowest BCUT2D eigenvalue weighted by atomic mass is 10.0. The van der Waals surface area contributed by atoms with E-state index in [0.717, 1.165) is 22.4 Å². The number of benzene rings is 1. The molecule has 2 aromatic rings. The summed E-state index contributed by atoms with van der Waals surface area (Å²) in [4.78, 5) is 4.38. The van der Waals surface area contributed by atoms with Crippen molar-refractivity contribution in [2.75, 3.05) is 5.32 Å². The summed E-state index contributed by atoms with van der Waals surface area (Å²) in [6.45, 7) is 7.24. The van der Waals surface area contributed by atoms with Crippen LogP contribution >= 0.6 is 15.9 Å². The normalized spacial score (nSPS) is 10.8. The van der Waals surface area contributed by atoms with Gasteiger partial charge in [0.15, 0.2) is 0 Å². The van der Waals surface area contributed by atoms with Gasteiger partial charge in [-0.2, -0.15) is 0 Å². The summed E-state index contributed by atoms with van der Waals surface area (Å²) in [5, 5.41) is 3.35. The van der Waals surface area contributed by atoms with Crippen molar-refractivity contribution in [3.05, 3.63) is 57.7 Å². The van der Waals surface area contributed by atoms with Crippen LogP contribution in [0, 0.1) is 6.92 Å². The molecule has 0 spiro atoms. The third kappa shape index (κ3) is 3.80. The molecular formula is C16H19BrN2. The van der Waals surface area contributed by atoms with E-state index in [1.165, 1.54) is 11.1 Å². The zero-order valence-electron chi connectivity index (χ0n) is 11.6. The zero-order chi connectivity index (χ0) is 13.8. The van der Waals surface area contributed by atoms with Gasteiger partial charge < -0.3 is 5.32 Å². The fraction of sp³-hybridized carbons (Fsp3) is 0.312. The number of hydrogen-bond donors (Lipinski definition) is 1. The SMILES string of the molecule is Cc1cnc(NCc2ccc(C(C)C)cc2)c(Br)c1. The van der Waals surface area contributed by atoms with Gasteiger partial charge in [0.25, 0.3) is 0 Å². The molecule has 100 valence electrons. The highest BCUT2D eigenvalue weighted by Crippen LogP contribution is 2.21. The van der Waals surface area contributed by atoms with Crippen molar-refractivity contribution in [1.29, 1.82) is 0 Å². The van der Waals surface area contributed by atoms with E-state index in [0.29, 0.717) is 5.92 Å². The minimum atomic E-state index is 0.579. The van der Waals surface area contributed by atoms with Gasteiger partial charge in [-0.1, -0.05) is 38.1 Å². The Morgan fingerprint density at radius 3 is 2.47 bits per heavy atom. The van der Waals surface area contributed by atoms with Crippen molar-refractivity contribution in [1.82, 2.24) is 4.98 Å². The Labute approximate surface area is 123 Å². The molecule has 0 radical (unpaired) electrons. The number of hydrogen-bond acceptors (Lipinski definition) is 2. The Balaban J connectivity index is 2.02. The molecule has 19 heavy (non-hydrogen) atoms. The Hall–Kier alpha value is -1.35. The molecule has 1 aromatic heterocycles. The lowest BCUT2D eigenvalue weighted by Gasteiger charge is -2.10. The summed E-state index contributed by atoms with van der Waals surface area (Å²) in [6, 6.07) is 10.8. The van der Waals surface area contributed by atoms with Crippen molar-refractivity contribution in [3.8, 4) is 0 Å². The van der Waals surface area contributed by atoms with E-state index in [9.17, 15) is 0 Å². The molecule has 0 unspecified atom stereocenters. The van der Waals surface area contributed by atoms with Crippen LogP contribution < -0.4 is 5.32 Å². The Bertz CT molecular complexity index is 547. The molecule has 1 aromatic carbocycles. The summed E-state index contributed by atoms with van der Waals surface area (Å²) in [7, 11) is 0. The minimum Gasteiger partial charge on any atom is -0.365 e. The predicted octanol–water partition coefficient (Wildman–Crippen LogP) is 4.89. The second kappa shape index (κ2) is 6.20. The van der Waals surface area contributed by atoms with Crippen molar-refractivity contribution < 1.29 is 0 Å². The fourth-order valence-corrected chi connectivity index (χ4v) is 2.47. The van der Waals surface area contributed by atoms with Crippen LogP contribution in [-0.4, -0.2) is 4.98 Å². The van der Waals surface area contributed by atoms with E-state index in [2.05, 4.69) is 70.4 Å². The van der Waals surface area contributed by atoms with Crippen molar-refractivity contribution in [2.45, 2.75) is 33.2 Å². The van der Waals surface area contributed by atoms with E-state index in [1.807, 2.05) is 13.1 Å². The van der Waals surface area contributed by atoms with Crippen LogP contribution in [0.1, 0.15) is 36.5 Å². The largest absolute Gasteiger partial charge is 0.365 e. The van der Waals surface area contributed by atoms with Gasteiger partial charge in [0.05, 0.1) is 4.47 Å². The van der Waals surface area contributed by atoms with Crippen LogP contribution in [0.5, 0.6) is 0 Å². The molecule has 2 nitrogen and oxygen atoms in total. The highest BCUT2D eigenvalue weighted by atomic mass is 79.9. The van der Waals surface area contributed by atoms with Crippen molar-refractivity contribution in [2.24, 2.45) is 0 Å². The Kier molecular flexibility index (Phi) is 4.59. The zero-order valence-corrected chi connectivity index (χ0v) is 13.2. The molecule has 1 N–H and O–H groups in total. The first-order chi connectivity index (χ1) is 9.06. The van der Waals surface area contributed by atoms with Crippen LogP contribution in [-0.2, 0) is 6.54 Å². The van der Waals surface area contributed by atoms with Gasteiger partial charge in [-0.3, -0.25) is 0 Å². The molecule has 0 aliphatic heterocycles. The molecule has 0 aliphatic carbocycles. The first kappa shape index (κ1) is 14.1. The maximum Gasteiger partial charge on any atom is 0.140 e. The lowest BCUT2D eigenvalue weighted by molar-refractivity contribution is 0.865. The van der Waals surface area contributed by atoms with Gasteiger partial charge in [0.1, 0.15) is 5.82 Å². The molecule has 0 atom stereocenters.